The molecule has 6 nitrogen and oxygen atoms in total. The fourth-order valence-electron chi connectivity index (χ4n) is 2.85. The number of alkyl halides is 1. The Labute approximate surface area is 121 Å². The fourth-order valence-corrected chi connectivity index (χ4v) is 2.85. The number of aryl methyl sites for hydroxylation is 2. The summed E-state index contributed by atoms with van der Waals surface area (Å²) in [5, 5.41) is 12.7. The van der Waals surface area contributed by atoms with Crippen molar-refractivity contribution in [1.82, 2.24) is 10.1 Å². The average Bonchev–Trinajstić information content (AvgIpc) is 2.94. The first kappa shape index (κ1) is 15.5. The summed E-state index contributed by atoms with van der Waals surface area (Å²) >= 11 is 0. The molecule has 1 amide bonds. The van der Waals surface area contributed by atoms with Crippen LogP contribution in [0.25, 0.3) is 0 Å². The molecule has 1 aliphatic rings. The van der Waals surface area contributed by atoms with Crippen LogP contribution in [0.15, 0.2) is 4.52 Å². The van der Waals surface area contributed by atoms with Gasteiger partial charge in [-0.25, -0.2) is 9.18 Å². The molecule has 2 rings (SSSR count). The Morgan fingerprint density at radius 2 is 2.19 bits per heavy atom. The van der Waals surface area contributed by atoms with E-state index in [9.17, 15) is 14.0 Å². The lowest BCUT2D eigenvalue weighted by atomic mass is 9.95. The van der Waals surface area contributed by atoms with Gasteiger partial charge in [0.05, 0.1) is 12.2 Å². The van der Waals surface area contributed by atoms with Crippen LogP contribution in [-0.4, -0.2) is 45.8 Å². The number of hydrogen-bond acceptors (Lipinski definition) is 4. The molecular weight excluding hydrogens is 279 g/mol. The lowest BCUT2D eigenvalue weighted by Gasteiger charge is -2.20. The van der Waals surface area contributed by atoms with E-state index in [1.165, 1.54) is 4.90 Å². The highest BCUT2D eigenvalue weighted by molar-refractivity contribution is 5.82. The van der Waals surface area contributed by atoms with Crippen molar-refractivity contribution in [3.8, 4) is 0 Å². The van der Waals surface area contributed by atoms with E-state index in [0.29, 0.717) is 5.76 Å². The summed E-state index contributed by atoms with van der Waals surface area (Å²) in [7, 11) is 0. The smallest absolute Gasteiger partial charge is 0.343 e. The van der Waals surface area contributed by atoms with Crippen LogP contribution in [0.4, 0.5) is 4.39 Å². The standard InChI is InChI=1S/C14H19FN2O4/c1-8(12-9(2)16-21-10(12)3)6-11(18)17-5-4-14(15,7-17)13(19)20/h8H,4-7H2,1-3H3,(H,19,20). The van der Waals surface area contributed by atoms with Gasteiger partial charge in [0, 0.05) is 24.9 Å². The monoisotopic (exact) mass is 298 g/mol. The number of carboxylic acids is 1. The maximum atomic E-state index is 14.0. The van der Waals surface area contributed by atoms with Crippen LogP contribution in [0, 0.1) is 13.8 Å². The summed E-state index contributed by atoms with van der Waals surface area (Å²) < 4.78 is 19.0. The van der Waals surface area contributed by atoms with Gasteiger partial charge in [-0.05, 0) is 19.8 Å². The molecule has 21 heavy (non-hydrogen) atoms. The number of hydrogen-bond donors (Lipinski definition) is 1. The van der Waals surface area contributed by atoms with E-state index in [0.717, 1.165) is 11.3 Å². The molecular formula is C14H19FN2O4. The van der Waals surface area contributed by atoms with Gasteiger partial charge in [-0.1, -0.05) is 12.1 Å². The van der Waals surface area contributed by atoms with Crippen LogP contribution in [0.3, 0.4) is 0 Å². The number of aromatic nitrogens is 1. The van der Waals surface area contributed by atoms with E-state index < -0.39 is 11.6 Å². The number of carboxylic acid groups (broad SMARTS) is 1. The second kappa shape index (κ2) is 5.46. The SMILES string of the molecule is Cc1noc(C)c1C(C)CC(=O)N1CCC(F)(C(=O)O)C1. The van der Waals surface area contributed by atoms with Crippen molar-refractivity contribution in [1.29, 1.82) is 0 Å². The highest BCUT2D eigenvalue weighted by atomic mass is 19.1. The zero-order valence-corrected chi connectivity index (χ0v) is 12.4. The Balaban J connectivity index is 2.01. The van der Waals surface area contributed by atoms with E-state index in [4.69, 9.17) is 9.63 Å². The van der Waals surface area contributed by atoms with Crippen molar-refractivity contribution in [2.75, 3.05) is 13.1 Å². The first-order valence-corrected chi connectivity index (χ1v) is 6.87. The van der Waals surface area contributed by atoms with Crippen molar-refractivity contribution < 1.29 is 23.6 Å². The van der Waals surface area contributed by atoms with Crippen molar-refractivity contribution in [2.24, 2.45) is 0 Å². The number of carbonyl (C=O) groups excluding carboxylic acids is 1. The van der Waals surface area contributed by atoms with Gasteiger partial charge in [0.15, 0.2) is 0 Å². The molecule has 0 saturated carbocycles. The minimum Gasteiger partial charge on any atom is -0.479 e. The maximum Gasteiger partial charge on any atom is 0.343 e. The number of amides is 1. The van der Waals surface area contributed by atoms with Crippen LogP contribution in [-0.2, 0) is 9.59 Å². The molecule has 0 bridgehead atoms. The highest BCUT2D eigenvalue weighted by Gasteiger charge is 2.46. The van der Waals surface area contributed by atoms with E-state index in [1.54, 1.807) is 13.8 Å². The number of likely N-dealkylation sites (tertiary alicyclic amines) is 1. The molecule has 0 aliphatic carbocycles. The van der Waals surface area contributed by atoms with E-state index >= 15 is 0 Å². The van der Waals surface area contributed by atoms with Crippen molar-refractivity contribution >= 4 is 11.9 Å². The average molecular weight is 298 g/mol. The van der Waals surface area contributed by atoms with Gasteiger partial charge >= 0.3 is 5.97 Å². The molecule has 0 radical (unpaired) electrons. The summed E-state index contributed by atoms with van der Waals surface area (Å²) in [6.45, 7) is 5.22. The van der Waals surface area contributed by atoms with Gasteiger partial charge in [0.2, 0.25) is 11.6 Å². The van der Waals surface area contributed by atoms with Gasteiger partial charge in [-0.15, -0.1) is 0 Å². The number of carbonyl (C=O) groups is 2. The Bertz CT molecular complexity index is 552. The summed E-state index contributed by atoms with van der Waals surface area (Å²) in [6, 6.07) is 0. The first-order valence-electron chi connectivity index (χ1n) is 6.87. The Morgan fingerprint density at radius 1 is 1.52 bits per heavy atom. The minimum absolute atomic E-state index is 0.108. The molecule has 1 aromatic heterocycles. The zero-order chi connectivity index (χ0) is 15.8. The predicted octanol–water partition coefficient (Wildman–Crippen LogP) is 1.81. The second-order valence-electron chi connectivity index (χ2n) is 5.68. The van der Waals surface area contributed by atoms with Gasteiger partial charge in [-0.3, -0.25) is 4.79 Å². The number of aliphatic carboxylic acids is 1. The van der Waals surface area contributed by atoms with E-state index in [1.807, 2.05) is 6.92 Å². The molecule has 2 atom stereocenters. The largest absolute Gasteiger partial charge is 0.479 e. The van der Waals surface area contributed by atoms with Gasteiger partial charge < -0.3 is 14.5 Å². The van der Waals surface area contributed by atoms with E-state index in [2.05, 4.69) is 5.16 Å². The molecule has 0 aromatic carbocycles. The van der Waals surface area contributed by atoms with Gasteiger partial charge in [0.25, 0.3) is 0 Å². The van der Waals surface area contributed by atoms with Crippen LogP contribution in [0.1, 0.15) is 42.7 Å². The van der Waals surface area contributed by atoms with E-state index in [-0.39, 0.29) is 37.8 Å². The van der Waals surface area contributed by atoms with Crippen LogP contribution in [0.5, 0.6) is 0 Å². The van der Waals surface area contributed by atoms with Crippen LogP contribution < -0.4 is 0 Å². The van der Waals surface area contributed by atoms with Crippen molar-refractivity contribution in [3.63, 3.8) is 0 Å². The third-order valence-electron chi connectivity index (χ3n) is 4.02. The Hall–Kier alpha value is -1.92. The summed E-state index contributed by atoms with van der Waals surface area (Å²) in [5.74, 6) is -1.19. The maximum absolute atomic E-state index is 14.0. The summed E-state index contributed by atoms with van der Waals surface area (Å²) in [6.07, 6.45) is 0.0202. The van der Waals surface area contributed by atoms with Crippen LogP contribution in [0.2, 0.25) is 0 Å². The molecule has 7 heteroatoms. The molecule has 1 aromatic rings. The zero-order valence-electron chi connectivity index (χ0n) is 12.4. The molecule has 2 heterocycles. The molecule has 2 unspecified atom stereocenters. The second-order valence-corrected chi connectivity index (χ2v) is 5.68. The summed E-state index contributed by atoms with van der Waals surface area (Å²) in [4.78, 5) is 24.3. The third-order valence-corrected chi connectivity index (χ3v) is 4.02. The number of nitrogens with zero attached hydrogens (tertiary/aromatic N) is 2. The highest BCUT2D eigenvalue weighted by Crippen LogP contribution is 2.30. The van der Waals surface area contributed by atoms with Crippen molar-refractivity contribution in [3.05, 3.63) is 17.0 Å². The topological polar surface area (TPSA) is 83.6 Å². The summed E-state index contributed by atoms with van der Waals surface area (Å²) in [5.41, 5.74) is -0.700. The Kier molecular flexibility index (Phi) is 4.02. The molecule has 1 aliphatic heterocycles. The van der Waals surface area contributed by atoms with Crippen molar-refractivity contribution in [2.45, 2.75) is 45.2 Å². The first-order chi connectivity index (χ1) is 9.74. The predicted molar refractivity (Wildman–Crippen MR) is 71.7 cm³/mol. The molecule has 1 saturated heterocycles. The quantitative estimate of drug-likeness (QED) is 0.916. The molecule has 1 fully saturated rings. The van der Waals surface area contributed by atoms with Gasteiger partial charge in [0.1, 0.15) is 5.76 Å². The number of halogens is 1. The van der Waals surface area contributed by atoms with Crippen LogP contribution >= 0.6 is 0 Å². The Morgan fingerprint density at radius 3 is 2.67 bits per heavy atom. The van der Waals surface area contributed by atoms with Gasteiger partial charge in [-0.2, -0.15) is 0 Å². The third kappa shape index (κ3) is 2.91. The molecule has 116 valence electrons. The molecule has 0 spiro atoms. The number of rotatable bonds is 4. The lowest BCUT2D eigenvalue weighted by Crippen LogP contribution is -2.39. The fraction of sp³-hybridized carbons (Fsp3) is 0.643. The minimum atomic E-state index is -2.32. The normalized spacial score (nSPS) is 23.3. The lowest BCUT2D eigenvalue weighted by molar-refractivity contribution is -0.150. The molecule has 1 N–H and O–H groups in total.